The fourth-order valence-electron chi connectivity index (χ4n) is 3.19. The number of ether oxygens (including phenoxy) is 1. The van der Waals surface area contributed by atoms with Gasteiger partial charge in [-0.05, 0) is 37.1 Å². The number of nitrogens with one attached hydrogen (secondary N) is 1. The van der Waals surface area contributed by atoms with Gasteiger partial charge in [-0.25, -0.2) is 4.39 Å². The third kappa shape index (κ3) is 4.30. The van der Waals surface area contributed by atoms with Crippen molar-refractivity contribution >= 4 is 22.9 Å². The van der Waals surface area contributed by atoms with Gasteiger partial charge in [0, 0.05) is 28.7 Å². The lowest BCUT2D eigenvalue weighted by Gasteiger charge is -2.08. The maximum Gasteiger partial charge on any atom is 0.262 e. The molecule has 0 aliphatic heterocycles. The summed E-state index contributed by atoms with van der Waals surface area (Å²) < 4.78 is 21.3. The van der Waals surface area contributed by atoms with Crippen LogP contribution in [0.15, 0.2) is 60.3 Å². The number of benzene rings is 2. The number of nitrogens with zero attached hydrogens (tertiary/aromatic N) is 2. The quantitative estimate of drug-likeness (QED) is 0.490. The summed E-state index contributed by atoms with van der Waals surface area (Å²) in [4.78, 5) is 12.3. The van der Waals surface area contributed by atoms with Crippen LogP contribution in [0.4, 0.5) is 4.39 Å². The minimum absolute atomic E-state index is 0.0856. The van der Waals surface area contributed by atoms with Gasteiger partial charge in [-0.3, -0.25) is 4.79 Å². The third-order valence-electron chi connectivity index (χ3n) is 4.82. The molecule has 1 fully saturated rings. The van der Waals surface area contributed by atoms with Crippen LogP contribution in [0.1, 0.15) is 18.4 Å². The number of para-hydroxylation sites is 2. The highest BCUT2D eigenvalue weighted by molar-refractivity contribution is 6.04. The largest absolute Gasteiger partial charge is 0.489 e. The molecule has 29 heavy (non-hydrogen) atoms. The SMILES string of the molecule is N#CC(=Cc1cn(CCOc2ccccc2F)c2ccccc12)C(=O)NC1CC1. The smallest absolute Gasteiger partial charge is 0.262 e. The number of carbonyl (C=O) groups excluding carboxylic acids is 1. The summed E-state index contributed by atoms with van der Waals surface area (Å²) in [6.45, 7) is 0.787. The number of aromatic nitrogens is 1. The Bertz CT molecular complexity index is 1120. The highest BCUT2D eigenvalue weighted by Crippen LogP contribution is 2.25. The number of nitriles is 1. The molecule has 1 amide bonds. The Balaban J connectivity index is 1.56. The van der Waals surface area contributed by atoms with E-state index in [0.29, 0.717) is 6.54 Å². The summed E-state index contributed by atoms with van der Waals surface area (Å²) in [5.41, 5.74) is 1.83. The Morgan fingerprint density at radius 2 is 2.00 bits per heavy atom. The summed E-state index contributed by atoms with van der Waals surface area (Å²) in [5.74, 6) is -0.517. The van der Waals surface area contributed by atoms with E-state index in [1.54, 1.807) is 24.3 Å². The van der Waals surface area contributed by atoms with Crippen molar-refractivity contribution in [1.29, 1.82) is 5.26 Å². The second-order valence-electron chi connectivity index (χ2n) is 6.99. The molecule has 1 saturated carbocycles. The molecule has 1 aromatic heterocycles. The summed E-state index contributed by atoms with van der Waals surface area (Å²) in [6.07, 6.45) is 5.43. The van der Waals surface area contributed by atoms with E-state index in [1.807, 2.05) is 41.1 Å². The number of fused-ring (bicyclic) bond motifs is 1. The minimum atomic E-state index is -0.395. The standard InChI is InChI=1S/C23H20FN3O2/c24-20-6-2-4-8-22(20)29-12-11-27-15-17(19-5-1-3-7-21(19)27)13-16(14-25)23(28)26-18-9-10-18/h1-8,13,15,18H,9-12H2,(H,26,28). The zero-order valence-electron chi connectivity index (χ0n) is 15.8. The fourth-order valence-corrected chi connectivity index (χ4v) is 3.19. The first-order valence-corrected chi connectivity index (χ1v) is 9.53. The van der Waals surface area contributed by atoms with Gasteiger partial charge >= 0.3 is 0 Å². The number of carbonyl (C=O) groups is 1. The molecule has 3 aromatic rings. The van der Waals surface area contributed by atoms with Crippen molar-refractivity contribution in [2.24, 2.45) is 0 Å². The lowest BCUT2D eigenvalue weighted by molar-refractivity contribution is -0.117. The van der Waals surface area contributed by atoms with E-state index >= 15 is 0 Å². The van der Waals surface area contributed by atoms with E-state index in [1.165, 1.54) is 6.07 Å². The van der Waals surface area contributed by atoms with Crippen molar-refractivity contribution < 1.29 is 13.9 Å². The van der Waals surface area contributed by atoms with Crippen LogP contribution < -0.4 is 10.1 Å². The normalized spacial score (nSPS) is 13.9. The maximum atomic E-state index is 13.7. The van der Waals surface area contributed by atoms with Gasteiger partial charge in [-0.1, -0.05) is 30.3 Å². The van der Waals surface area contributed by atoms with E-state index < -0.39 is 5.82 Å². The van der Waals surface area contributed by atoms with Crippen molar-refractivity contribution in [3.05, 3.63) is 71.7 Å². The van der Waals surface area contributed by atoms with Gasteiger partial charge in [-0.2, -0.15) is 5.26 Å². The maximum absolute atomic E-state index is 13.7. The van der Waals surface area contributed by atoms with Gasteiger partial charge < -0.3 is 14.6 Å². The molecular weight excluding hydrogens is 369 g/mol. The monoisotopic (exact) mass is 389 g/mol. The van der Waals surface area contributed by atoms with E-state index in [9.17, 15) is 14.4 Å². The van der Waals surface area contributed by atoms with Crippen molar-refractivity contribution in [2.75, 3.05) is 6.61 Å². The first-order chi connectivity index (χ1) is 14.2. The molecule has 5 nitrogen and oxygen atoms in total. The lowest BCUT2D eigenvalue weighted by Crippen LogP contribution is -2.26. The average Bonchev–Trinajstić information content (AvgIpc) is 3.48. The number of rotatable bonds is 7. The predicted molar refractivity (Wildman–Crippen MR) is 109 cm³/mol. The Labute approximate surface area is 168 Å². The van der Waals surface area contributed by atoms with E-state index in [4.69, 9.17) is 4.74 Å². The number of amides is 1. The molecule has 0 spiro atoms. The molecule has 4 rings (SSSR count). The van der Waals surface area contributed by atoms with Crippen molar-refractivity contribution in [3.63, 3.8) is 0 Å². The first-order valence-electron chi connectivity index (χ1n) is 9.53. The average molecular weight is 389 g/mol. The van der Waals surface area contributed by atoms with Crippen LogP contribution in [0.3, 0.4) is 0 Å². The molecule has 1 aliphatic rings. The molecule has 2 aromatic carbocycles. The van der Waals surface area contributed by atoms with E-state index in [2.05, 4.69) is 5.32 Å². The molecule has 0 atom stereocenters. The number of hydrogen-bond acceptors (Lipinski definition) is 3. The van der Waals surface area contributed by atoms with E-state index in [-0.39, 0.29) is 29.9 Å². The zero-order valence-corrected chi connectivity index (χ0v) is 15.8. The van der Waals surface area contributed by atoms with Gasteiger partial charge in [0.05, 0.1) is 6.54 Å². The van der Waals surface area contributed by atoms with Gasteiger partial charge in [-0.15, -0.1) is 0 Å². The Morgan fingerprint density at radius 3 is 2.76 bits per heavy atom. The molecule has 1 aliphatic carbocycles. The van der Waals surface area contributed by atoms with Crippen LogP contribution in [0.2, 0.25) is 0 Å². The second kappa shape index (κ2) is 8.19. The highest BCUT2D eigenvalue weighted by Gasteiger charge is 2.25. The molecule has 1 heterocycles. The second-order valence-corrected chi connectivity index (χ2v) is 6.99. The van der Waals surface area contributed by atoms with Gasteiger partial charge in [0.1, 0.15) is 18.2 Å². The van der Waals surface area contributed by atoms with Crippen LogP contribution in [-0.2, 0) is 11.3 Å². The summed E-state index contributed by atoms with van der Waals surface area (Å²) in [6, 6.07) is 16.2. The molecular formula is C23H20FN3O2. The molecule has 0 unspecified atom stereocenters. The van der Waals surface area contributed by atoms with Gasteiger partial charge in [0.2, 0.25) is 0 Å². The van der Waals surface area contributed by atoms with Crippen LogP contribution >= 0.6 is 0 Å². The van der Waals surface area contributed by atoms with Crippen molar-refractivity contribution in [3.8, 4) is 11.8 Å². The van der Waals surface area contributed by atoms with Crippen molar-refractivity contribution in [2.45, 2.75) is 25.4 Å². The van der Waals surface area contributed by atoms with Crippen LogP contribution in [0.25, 0.3) is 17.0 Å². The first kappa shape index (κ1) is 18.8. The molecule has 1 N–H and O–H groups in total. The van der Waals surface area contributed by atoms with E-state index in [0.717, 1.165) is 29.3 Å². The summed E-state index contributed by atoms with van der Waals surface area (Å²) in [7, 11) is 0. The van der Waals surface area contributed by atoms with Gasteiger partial charge in [0.25, 0.3) is 5.91 Å². The third-order valence-corrected chi connectivity index (χ3v) is 4.82. The molecule has 0 saturated heterocycles. The Hall–Kier alpha value is -3.59. The lowest BCUT2D eigenvalue weighted by atomic mass is 10.1. The molecule has 6 heteroatoms. The Morgan fingerprint density at radius 1 is 1.24 bits per heavy atom. The highest BCUT2D eigenvalue weighted by atomic mass is 19.1. The summed E-state index contributed by atoms with van der Waals surface area (Å²) in [5, 5.41) is 13.2. The van der Waals surface area contributed by atoms with Crippen molar-refractivity contribution in [1.82, 2.24) is 9.88 Å². The fraction of sp³-hybridized carbons (Fsp3) is 0.217. The molecule has 0 bridgehead atoms. The van der Waals surface area contributed by atoms with Gasteiger partial charge in [0.15, 0.2) is 11.6 Å². The topological polar surface area (TPSA) is 67.0 Å². The summed E-state index contributed by atoms with van der Waals surface area (Å²) >= 11 is 0. The minimum Gasteiger partial charge on any atom is -0.489 e. The molecule has 0 radical (unpaired) electrons. The number of halogens is 1. The zero-order chi connectivity index (χ0) is 20.2. The van der Waals surface area contributed by atoms with Crippen LogP contribution in [-0.4, -0.2) is 23.1 Å². The number of hydrogen-bond donors (Lipinski definition) is 1. The predicted octanol–water partition coefficient (Wildman–Crippen LogP) is 4.04. The van der Waals surface area contributed by atoms with Crippen LogP contribution in [0.5, 0.6) is 5.75 Å². The Kier molecular flexibility index (Phi) is 5.30. The molecule has 146 valence electrons. The van der Waals surface area contributed by atoms with Crippen LogP contribution in [0, 0.1) is 17.1 Å².